The van der Waals surface area contributed by atoms with Crippen LogP contribution in [0.4, 0.5) is 0 Å². The molecule has 1 amide bonds. The zero-order valence-electron chi connectivity index (χ0n) is 12.1. The Hall–Kier alpha value is -0.870. The number of hydrogen-bond donors (Lipinski definition) is 3. The van der Waals surface area contributed by atoms with Crippen LogP contribution in [0.5, 0.6) is 0 Å². The number of rotatable bonds is 6. The van der Waals surface area contributed by atoms with Gasteiger partial charge in [0, 0.05) is 22.7 Å². The molecule has 0 fully saturated rings. The molecule has 0 saturated heterocycles. The minimum absolute atomic E-state index is 0.0300. The van der Waals surface area contributed by atoms with Crippen LogP contribution >= 0.6 is 19.2 Å². The zero-order chi connectivity index (χ0) is 15.3. The first-order valence-corrected chi connectivity index (χ1v) is 8.54. The van der Waals surface area contributed by atoms with Crippen LogP contribution in [0.15, 0.2) is 24.3 Å². The predicted octanol–water partition coefficient (Wildman–Crippen LogP) is 3.17. The Morgan fingerprint density at radius 1 is 1.05 bits per heavy atom. The lowest BCUT2D eigenvalue weighted by molar-refractivity contribution is 0.0979. The molecule has 0 heterocycles. The molecular weight excluding hydrogens is 297 g/mol. The standard InChI is InChI=1S/C13H21ClN3O2P/c1-9(2)15-20(19,16-10(3)4)17-13(18)11-5-7-12(14)8-6-11/h5-10H,1-4H3,(H3,15,16,17,18,19). The van der Waals surface area contributed by atoms with Gasteiger partial charge in [0.2, 0.25) is 0 Å². The Labute approximate surface area is 125 Å². The summed E-state index contributed by atoms with van der Waals surface area (Å²) >= 11 is 5.78. The van der Waals surface area contributed by atoms with Gasteiger partial charge in [-0.25, -0.2) is 10.2 Å². The number of carbonyl (C=O) groups excluding carboxylic acids is 1. The van der Waals surface area contributed by atoms with E-state index in [1.54, 1.807) is 24.3 Å². The molecule has 7 heteroatoms. The van der Waals surface area contributed by atoms with E-state index in [0.717, 1.165) is 0 Å². The van der Waals surface area contributed by atoms with Gasteiger partial charge in [0.1, 0.15) is 0 Å². The fourth-order valence-electron chi connectivity index (χ4n) is 1.64. The minimum atomic E-state index is -3.20. The Morgan fingerprint density at radius 2 is 1.50 bits per heavy atom. The van der Waals surface area contributed by atoms with Crippen molar-refractivity contribution in [2.45, 2.75) is 39.8 Å². The second-order valence-electron chi connectivity index (χ2n) is 5.12. The molecule has 0 unspecified atom stereocenters. The van der Waals surface area contributed by atoms with Crippen LogP contribution in [0.3, 0.4) is 0 Å². The van der Waals surface area contributed by atoms with E-state index < -0.39 is 13.5 Å². The van der Waals surface area contributed by atoms with Crippen molar-refractivity contribution in [3.8, 4) is 0 Å². The highest BCUT2D eigenvalue weighted by atomic mass is 35.5. The van der Waals surface area contributed by atoms with Gasteiger partial charge in [0.15, 0.2) is 0 Å². The van der Waals surface area contributed by atoms with Gasteiger partial charge in [-0.3, -0.25) is 14.4 Å². The Morgan fingerprint density at radius 3 is 1.90 bits per heavy atom. The summed E-state index contributed by atoms with van der Waals surface area (Å²) in [6.07, 6.45) is 0. The van der Waals surface area contributed by atoms with Gasteiger partial charge in [-0.15, -0.1) is 0 Å². The molecule has 0 saturated carbocycles. The molecule has 0 bridgehead atoms. The van der Waals surface area contributed by atoms with E-state index in [0.29, 0.717) is 10.6 Å². The quantitative estimate of drug-likeness (QED) is 0.705. The van der Waals surface area contributed by atoms with Crippen molar-refractivity contribution in [2.24, 2.45) is 0 Å². The molecule has 1 aromatic rings. The predicted molar refractivity (Wildman–Crippen MR) is 83.1 cm³/mol. The second kappa shape index (κ2) is 7.23. The summed E-state index contributed by atoms with van der Waals surface area (Å²) in [5.74, 6) is -0.411. The average molecular weight is 318 g/mol. The van der Waals surface area contributed by atoms with Crippen LogP contribution in [0, 0.1) is 0 Å². The molecule has 0 atom stereocenters. The van der Waals surface area contributed by atoms with Gasteiger partial charge in [-0.1, -0.05) is 11.6 Å². The van der Waals surface area contributed by atoms with Gasteiger partial charge < -0.3 is 0 Å². The van der Waals surface area contributed by atoms with Crippen molar-refractivity contribution in [1.82, 2.24) is 15.3 Å². The number of amides is 1. The first-order valence-electron chi connectivity index (χ1n) is 6.45. The molecule has 3 N–H and O–H groups in total. The largest absolute Gasteiger partial charge is 0.306 e. The molecule has 112 valence electrons. The van der Waals surface area contributed by atoms with E-state index in [9.17, 15) is 9.36 Å². The van der Waals surface area contributed by atoms with Crippen LogP contribution in [-0.4, -0.2) is 18.0 Å². The Bertz CT molecular complexity index is 489. The lowest BCUT2D eigenvalue weighted by atomic mass is 10.2. The van der Waals surface area contributed by atoms with Gasteiger partial charge in [-0.05, 0) is 52.0 Å². The van der Waals surface area contributed by atoms with E-state index in [1.807, 2.05) is 27.7 Å². The fourth-order valence-corrected chi connectivity index (χ4v) is 3.84. The number of halogens is 1. The number of nitrogens with one attached hydrogen (secondary N) is 3. The normalized spacial score (nSPS) is 11.9. The topological polar surface area (TPSA) is 70.2 Å². The molecule has 0 aliphatic heterocycles. The van der Waals surface area contributed by atoms with Crippen molar-refractivity contribution in [2.75, 3.05) is 0 Å². The molecule has 0 spiro atoms. The highest BCUT2D eigenvalue weighted by Gasteiger charge is 2.26. The van der Waals surface area contributed by atoms with Gasteiger partial charge >= 0.3 is 7.59 Å². The molecule has 20 heavy (non-hydrogen) atoms. The van der Waals surface area contributed by atoms with Crippen LogP contribution in [-0.2, 0) is 4.57 Å². The lowest BCUT2D eigenvalue weighted by Gasteiger charge is -2.25. The first-order chi connectivity index (χ1) is 9.22. The second-order valence-corrected chi connectivity index (χ2v) is 7.52. The number of hydrogen-bond acceptors (Lipinski definition) is 2. The van der Waals surface area contributed by atoms with Gasteiger partial charge in [0.25, 0.3) is 5.91 Å². The molecule has 0 aliphatic rings. The summed E-state index contributed by atoms with van der Waals surface area (Å²) in [4.78, 5) is 12.1. The van der Waals surface area contributed by atoms with Crippen LogP contribution in [0.2, 0.25) is 5.02 Å². The third kappa shape index (κ3) is 5.63. The summed E-state index contributed by atoms with van der Waals surface area (Å²) in [6.45, 7) is 7.46. The summed E-state index contributed by atoms with van der Waals surface area (Å²) in [5.41, 5.74) is 0.408. The molecule has 1 rings (SSSR count). The molecule has 0 aliphatic carbocycles. The van der Waals surface area contributed by atoms with E-state index in [1.165, 1.54) is 0 Å². The van der Waals surface area contributed by atoms with Crippen molar-refractivity contribution >= 4 is 25.1 Å². The third-order valence-corrected chi connectivity index (χ3v) is 4.78. The third-order valence-electron chi connectivity index (χ3n) is 2.25. The van der Waals surface area contributed by atoms with Crippen molar-refractivity contribution in [3.63, 3.8) is 0 Å². The van der Waals surface area contributed by atoms with Crippen molar-refractivity contribution < 1.29 is 9.36 Å². The van der Waals surface area contributed by atoms with Crippen molar-refractivity contribution in [3.05, 3.63) is 34.9 Å². The number of carbonyl (C=O) groups is 1. The van der Waals surface area contributed by atoms with Crippen molar-refractivity contribution in [1.29, 1.82) is 0 Å². The van der Waals surface area contributed by atoms with E-state index in [4.69, 9.17) is 11.6 Å². The maximum atomic E-state index is 12.7. The Balaban J connectivity index is 2.86. The highest BCUT2D eigenvalue weighted by Crippen LogP contribution is 2.32. The van der Waals surface area contributed by atoms with E-state index in [2.05, 4.69) is 15.3 Å². The summed E-state index contributed by atoms with van der Waals surface area (Å²) in [7, 11) is -3.20. The monoisotopic (exact) mass is 317 g/mol. The first kappa shape index (κ1) is 17.2. The lowest BCUT2D eigenvalue weighted by Crippen LogP contribution is -2.40. The molecule has 0 aromatic heterocycles. The summed E-state index contributed by atoms with van der Waals surface area (Å²) in [5, 5.41) is 8.86. The van der Waals surface area contributed by atoms with Crippen LogP contribution < -0.4 is 15.3 Å². The summed E-state index contributed by atoms with van der Waals surface area (Å²) in [6, 6.07) is 6.36. The van der Waals surface area contributed by atoms with Crippen LogP contribution in [0.25, 0.3) is 0 Å². The maximum absolute atomic E-state index is 12.7. The zero-order valence-corrected chi connectivity index (χ0v) is 13.8. The molecular formula is C13H21ClN3O2P. The molecule has 1 aromatic carbocycles. The smallest absolute Gasteiger partial charge is 0.279 e. The minimum Gasteiger partial charge on any atom is -0.279 e. The fraction of sp³-hybridized carbons (Fsp3) is 0.462. The van der Waals surface area contributed by atoms with Gasteiger partial charge in [0.05, 0.1) is 0 Å². The van der Waals surface area contributed by atoms with E-state index >= 15 is 0 Å². The SMILES string of the molecule is CC(C)NP(=O)(NC(=O)c1ccc(Cl)cc1)NC(C)C. The molecule has 0 radical (unpaired) electrons. The Kier molecular flexibility index (Phi) is 6.21. The van der Waals surface area contributed by atoms with E-state index in [-0.39, 0.29) is 12.1 Å². The average Bonchev–Trinajstić information content (AvgIpc) is 2.26. The molecule has 5 nitrogen and oxygen atoms in total. The summed E-state index contributed by atoms with van der Waals surface area (Å²) < 4.78 is 12.7. The maximum Gasteiger partial charge on any atom is 0.306 e. The van der Waals surface area contributed by atoms with Crippen LogP contribution in [0.1, 0.15) is 38.1 Å². The number of benzene rings is 1. The van der Waals surface area contributed by atoms with Gasteiger partial charge in [-0.2, -0.15) is 0 Å². The highest BCUT2D eigenvalue weighted by molar-refractivity contribution is 7.58.